The lowest BCUT2D eigenvalue weighted by Crippen LogP contribution is -2.18. The van der Waals surface area contributed by atoms with E-state index in [1.54, 1.807) is 18.2 Å². The van der Waals surface area contributed by atoms with E-state index in [2.05, 4.69) is 4.98 Å². The predicted octanol–water partition coefficient (Wildman–Crippen LogP) is 3.11. The number of pyridine rings is 1. The number of hydrogen-bond acceptors (Lipinski definition) is 5. The Bertz CT molecular complexity index is 975. The maximum atomic E-state index is 11.9. The maximum Gasteiger partial charge on any atom is 0.344 e. The summed E-state index contributed by atoms with van der Waals surface area (Å²) in [6.07, 6.45) is 0. The zero-order chi connectivity index (χ0) is 18.5. The first-order chi connectivity index (χ1) is 12.5. The summed E-state index contributed by atoms with van der Waals surface area (Å²) >= 11 is 6.13. The topological polar surface area (TPSA) is 91.5 Å². The Balaban J connectivity index is 1.61. The second-order valence-corrected chi connectivity index (χ2v) is 5.80. The average Bonchev–Trinajstić information content (AvgIpc) is 2.64. The molecule has 1 amide bonds. The zero-order valence-corrected chi connectivity index (χ0v) is 14.4. The molecule has 1 heterocycles. The van der Waals surface area contributed by atoms with Gasteiger partial charge in [-0.15, -0.1) is 0 Å². The molecule has 2 aromatic carbocycles. The van der Waals surface area contributed by atoms with Crippen molar-refractivity contribution in [3.8, 4) is 5.75 Å². The van der Waals surface area contributed by atoms with Crippen molar-refractivity contribution in [1.82, 2.24) is 4.98 Å². The Morgan fingerprint density at radius 3 is 2.62 bits per heavy atom. The molecule has 0 fully saturated rings. The molecular weight excluding hydrogens is 356 g/mol. The summed E-state index contributed by atoms with van der Waals surface area (Å²) in [4.78, 5) is 27.5. The van der Waals surface area contributed by atoms with Crippen molar-refractivity contribution in [2.75, 3.05) is 6.61 Å². The van der Waals surface area contributed by atoms with Crippen molar-refractivity contribution in [3.63, 3.8) is 0 Å². The number of primary amides is 1. The Morgan fingerprint density at radius 2 is 1.81 bits per heavy atom. The fourth-order valence-electron chi connectivity index (χ4n) is 2.37. The number of carbonyl (C=O) groups excluding carboxylic acids is 2. The Kier molecular flexibility index (Phi) is 5.34. The Hall–Kier alpha value is -3.12. The third-order valence-corrected chi connectivity index (χ3v) is 3.96. The van der Waals surface area contributed by atoms with E-state index in [4.69, 9.17) is 26.8 Å². The largest absolute Gasteiger partial charge is 0.481 e. The number of hydrogen-bond donors (Lipinski definition) is 1. The van der Waals surface area contributed by atoms with Gasteiger partial charge in [-0.3, -0.25) is 4.79 Å². The molecule has 0 saturated heterocycles. The number of benzene rings is 2. The van der Waals surface area contributed by atoms with Crippen molar-refractivity contribution in [2.24, 2.45) is 5.73 Å². The number of nitrogens with two attached hydrogens (primary N) is 1. The molecule has 7 heteroatoms. The number of halogens is 1. The summed E-state index contributed by atoms with van der Waals surface area (Å²) < 4.78 is 10.5. The number of nitrogens with zero attached hydrogens (tertiary/aromatic N) is 1. The van der Waals surface area contributed by atoms with Gasteiger partial charge in [-0.1, -0.05) is 41.9 Å². The number of fused-ring (bicyclic) bond motifs is 1. The van der Waals surface area contributed by atoms with E-state index in [1.165, 1.54) is 6.07 Å². The van der Waals surface area contributed by atoms with E-state index in [-0.39, 0.29) is 29.7 Å². The van der Waals surface area contributed by atoms with Crippen LogP contribution >= 0.6 is 11.6 Å². The molecule has 0 aliphatic carbocycles. The molecule has 0 bridgehead atoms. The molecule has 6 nitrogen and oxygen atoms in total. The van der Waals surface area contributed by atoms with Crippen LogP contribution in [-0.2, 0) is 16.1 Å². The third kappa shape index (κ3) is 4.10. The van der Waals surface area contributed by atoms with Gasteiger partial charge >= 0.3 is 5.97 Å². The second-order valence-electron chi connectivity index (χ2n) is 5.44. The van der Waals surface area contributed by atoms with Crippen molar-refractivity contribution >= 4 is 34.4 Å². The van der Waals surface area contributed by atoms with Crippen LogP contribution in [0.4, 0.5) is 0 Å². The third-order valence-electron chi connectivity index (χ3n) is 3.64. The Labute approximate surface area is 154 Å². The molecule has 0 saturated carbocycles. The normalized spacial score (nSPS) is 10.5. The minimum atomic E-state index is -0.636. The fourth-order valence-corrected chi connectivity index (χ4v) is 2.57. The molecule has 0 aliphatic rings. The molecule has 26 heavy (non-hydrogen) atoms. The highest BCUT2D eigenvalue weighted by Crippen LogP contribution is 2.21. The number of rotatable bonds is 6. The van der Waals surface area contributed by atoms with Gasteiger partial charge in [-0.05, 0) is 24.3 Å². The number of para-hydroxylation sites is 2. The smallest absolute Gasteiger partial charge is 0.344 e. The van der Waals surface area contributed by atoms with Gasteiger partial charge in [0, 0.05) is 10.9 Å². The van der Waals surface area contributed by atoms with Crippen LogP contribution < -0.4 is 10.5 Å². The second kappa shape index (κ2) is 7.84. The van der Waals surface area contributed by atoms with Crippen LogP contribution in [-0.4, -0.2) is 23.5 Å². The van der Waals surface area contributed by atoms with Gasteiger partial charge in [0.2, 0.25) is 0 Å². The summed E-state index contributed by atoms with van der Waals surface area (Å²) in [5, 5.41) is 1.17. The molecule has 0 radical (unpaired) electrons. The van der Waals surface area contributed by atoms with Gasteiger partial charge in [0.05, 0.1) is 11.1 Å². The van der Waals surface area contributed by atoms with Gasteiger partial charge in [-0.25, -0.2) is 9.78 Å². The lowest BCUT2D eigenvalue weighted by atomic mass is 10.2. The van der Waals surface area contributed by atoms with Crippen LogP contribution in [0.25, 0.3) is 10.9 Å². The fraction of sp³-hybridized carbons (Fsp3) is 0.105. The maximum absolute atomic E-state index is 11.9. The van der Waals surface area contributed by atoms with Gasteiger partial charge in [-0.2, -0.15) is 0 Å². The van der Waals surface area contributed by atoms with Crippen LogP contribution in [0.15, 0.2) is 54.6 Å². The number of esters is 1. The molecular formula is C19H15ClN2O4. The van der Waals surface area contributed by atoms with E-state index in [9.17, 15) is 9.59 Å². The first-order valence-electron chi connectivity index (χ1n) is 7.76. The van der Waals surface area contributed by atoms with Crippen molar-refractivity contribution in [1.29, 1.82) is 0 Å². The SMILES string of the molecule is NC(=O)c1ccccc1OCC(=O)OCc1cc2ccccc2nc1Cl. The minimum absolute atomic E-state index is 0.0314. The molecule has 0 aliphatic heterocycles. The van der Waals surface area contributed by atoms with Crippen molar-refractivity contribution in [3.05, 3.63) is 70.9 Å². The summed E-state index contributed by atoms with van der Waals surface area (Å²) in [6.45, 7) is -0.390. The predicted molar refractivity (Wildman–Crippen MR) is 97.0 cm³/mol. The number of amides is 1. The highest BCUT2D eigenvalue weighted by atomic mass is 35.5. The summed E-state index contributed by atoms with van der Waals surface area (Å²) in [5.41, 5.74) is 6.81. The van der Waals surface area contributed by atoms with E-state index >= 15 is 0 Å². The summed E-state index contributed by atoms with van der Waals surface area (Å²) in [5.74, 6) is -1.01. The molecule has 0 unspecified atom stereocenters. The van der Waals surface area contributed by atoms with Crippen molar-refractivity contribution < 1.29 is 19.1 Å². The molecule has 3 rings (SSSR count). The highest BCUT2D eigenvalue weighted by molar-refractivity contribution is 6.30. The first kappa shape index (κ1) is 17.7. The van der Waals surface area contributed by atoms with E-state index in [0.717, 1.165) is 10.9 Å². The Morgan fingerprint density at radius 1 is 1.08 bits per heavy atom. The minimum Gasteiger partial charge on any atom is -0.481 e. The van der Waals surface area contributed by atoms with Gasteiger partial charge < -0.3 is 15.2 Å². The molecule has 1 aromatic heterocycles. The zero-order valence-electron chi connectivity index (χ0n) is 13.6. The molecule has 0 atom stereocenters. The van der Waals surface area contributed by atoms with E-state index < -0.39 is 11.9 Å². The van der Waals surface area contributed by atoms with Gasteiger partial charge in [0.15, 0.2) is 6.61 Å². The van der Waals surface area contributed by atoms with Crippen LogP contribution in [0.3, 0.4) is 0 Å². The summed E-state index contributed by atoms with van der Waals surface area (Å²) in [6, 6.07) is 15.7. The van der Waals surface area contributed by atoms with Crippen LogP contribution in [0.1, 0.15) is 15.9 Å². The van der Waals surface area contributed by atoms with Crippen molar-refractivity contribution in [2.45, 2.75) is 6.61 Å². The quantitative estimate of drug-likeness (QED) is 0.531. The van der Waals surface area contributed by atoms with Crippen LogP contribution in [0.5, 0.6) is 5.75 Å². The molecule has 3 aromatic rings. The van der Waals surface area contributed by atoms with Gasteiger partial charge in [0.1, 0.15) is 17.5 Å². The first-order valence-corrected chi connectivity index (χ1v) is 8.14. The lowest BCUT2D eigenvalue weighted by molar-refractivity contribution is -0.147. The van der Waals surface area contributed by atoms with E-state index in [1.807, 2.05) is 30.3 Å². The standard InChI is InChI=1S/C19H15ClN2O4/c20-18-13(9-12-5-1-3-7-15(12)22-18)10-26-17(23)11-25-16-8-4-2-6-14(16)19(21)24/h1-9H,10-11H2,(H2,21,24). The number of ether oxygens (including phenoxy) is 2. The molecule has 132 valence electrons. The number of carbonyl (C=O) groups is 2. The van der Waals surface area contributed by atoms with Crippen LogP contribution in [0.2, 0.25) is 5.15 Å². The monoisotopic (exact) mass is 370 g/mol. The number of aromatic nitrogens is 1. The average molecular weight is 371 g/mol. The lowest BCUT2D eigenvalue weighted by Gasteiger charge is -2.10. The van der Waals surface area contributed by atoms with E-state index in [0.29, 0.717) is 5.56 Å². The van der Waals surface area contributed by atoms with Gasteiger partial charge in [0.25, 0.3) is 5.91 Å². The van der Waals surface area contributed by atoms with Crippen LogP contribution in [0, 0.1) is 0 Å². The highest BCUT2D eigenvalue weighted by Gasteiger charge is 2.12. The summed E-state index contributed by atoms with van der Waals surface area (Å²) in [7, 11) is 0. The molecule has 2 N–H and O–H groups in total. The molecule has 0 spiro atoms.